The molecule has 6 heteroatoms. The summed E-state index contributed by atoms with van der Waals surface area (Å²) in [7, 11) is 0. The maximum Gasteiger partial charge on any atom is 0.251 e. The van der Waals surface area contributed by atoms with Gasteiger partial charge in [-0.3, -0.25) is 9.59 Å². The number of rotatable bonds is 9. The molecule has 0 aliphatic heterocycles. The minimum Gasteiger partial charge on any atom is -0.377 e. The highest BCUT2D eigenvalue weighted by Gasteiger charge is 2.20. The first-order valence-electron chi connectivity index (χ1n) is 9.36. The quantitative estimate of drug-likeness (QED) is 0.648. The van der Waals surface area contributed by atoms with Gasteiger partial charge in [0.15, 0.2) is 0 Å². The van der Waals surface area contributed by atoms with Crippen molar-refractivity contribution >= 4 is 11.8 Å². The summed E-state index contributed by atoms with van der Waals surface area (Å²) < 4.78 is 11.0. The number of amides is 2. The van der Waals surface area contributed by atoms with Crippen molar-refractivity contribution < 1.29 is 19.1 Å². The van der Waals surface area contributed by atoms with Gasteiger partial charge in [-0.15, -0.1) is 0 Å². The Morgan fingerprint density at radius 3 is 2.07 bits per heavy atom. The molecule has 0 fully saturated rings. The number of benzene rings is 1. The largest absolute Gasteiger partial charge is 0.377 e. The molecule has 0 radical (unpaired) electrons. The van der Waals surface area contributed by atoms with Crippen LogP contribution in [0, 0.1) is 5.41 Å². The average molecular weight is 379 g/mol. The van der Waals surface area contributed by atoms with E-state index in [1.807, 2.05) is 53.7 Å². The van der Waals surface area contributed by atoms with Crippen LogP contribution in [0.5, 0.6) is 0 Å². The molecule has 6 nitrogen and oxygen atoms in total. The van der Waals surface area contributed by atoms with Gasteiger partial charge in [0, 0.05) is 24.1 Å². The summed E-state index contributed by atoms with van der Waals surface area (Å²) in [6.07, 6.45) is 0. The number of carbonyl (C=O) groups excluding carboxylic acids is 2. The second kappa shape index (κ2) is 10.4. The molecule has 1 aromatic carbocycles. The van der Waals surface area contributed by atoms with E-state index in [1.165, 1.54) is 0 Å². The van der Waals surface area contributed by atoms with Crippen molar-refractivity contribution in [2.75, 3.05) is 26.4 Å². The van der Waals surface area contributed by atoms with E-state index >= 15 is 0 Å². The van der Waals surface area contributed by atoms with E-state index in [-0.39, 0.29) is 17.4 Å². The molecule has 27 heavy (non-hydrogen) atoms. The van der Waals surface area contributed by atoms with Crippen LogP contribution in [0.2, 0.25) is 0 Å². The van der Waals surface area contributed by atoms with Gasteiger partial charge in [-0.2, -0.15) is 0 Å². The highest BCUT2D eigenvalue weighted by atomic mass is 16.5. The van der Waals surface area contributed by atoms with Gasteiger partial charge in [-0.25, -0.2) is 0 Å². The lowest BCUT2D eigenvalue weighted by Crippen LogP contribution is -2.34. The molecule has 152 valence electrons. The third-order valence-electron chi connectivity index (χ3n) is 3.65. The molecule has 0 aliphatic carbocycles. The lowest BCUT2D eigenvalue weighted by molar-refractivity contribution is -0.128. The number of carbonyl (C=O) groups is 2. The van der Waals surface area contributed by atoms with Crippen molar-refractivity contribution in [2.45, 2.75) is 53.7 Å². The standard InChI is InChI=1S/C21H34N2O4/c1-20(2,3)19(25)23-15-16-7-9-17(10-8-16)18(24)22-11-12-26-13-14-27-21(4,5)6/h7-10H,11-15H2,1-6H3,(H,22,24)(H,23,25). The van der Waals surface area contributed by atoms with Crippen LogP contribution in [0.15, 0.2) is 24.3 Å². The maximum absolute atomic E-state index is 12.1. The maximum atomic E-state index is 12.1. The number of nitrogens with one attached hydrogen (secondary N) is 2. The van der Waals surface area contributed by atoms with Gasteiger partial charge in [0.05, 0.1) is 25.4 Å². The van der Waals surface area contributed by atoms with Crippen LogP contribution >= 0.6 is 0 Å². The molecule has 0 unspecified atom stereocenters. The Bertz CT molecular complexity index is 598. The van der Waals surface area contributed by atoms with Crippen molar-refractivity contribution in [3.8, 4) is 0 Å². The van der Waals surface area contributed by atoms with Crippen molar-refractivity contribution in [3.05, 3.63) is 35.4 Å². The Morgan fingerprint density at radius 1 is 0.889 bits per heavy atom. The summed E-state index contributed by atoms with van der Waals surface area (Å²) in [5, 5.41) is 5.71. The van der Waals surface area contributed by atoms with Crippen LogP contribution in [0.1, 0.15) is 57.5 Å². The molecule has 0 saturated heterocycles. The molecule has 1 aromatic rings. The summed E-state index contributed by atoms with van der Waals surface area (Å²) in [5.41, 5.74) is 0.948. The fraction of sp³-hybridized carbons (Fsp3) is 0.619. The fourth-order valence-electron chi connectivity index (χ4n) is 2.07. The molecular formula is C21H34N2O4. The summed E-state index contributed by atoms with van der Waals surface area (Å²) in [5.74, 6) is -0.146. The van der Waals surface area contributed by atoms with E-state index in [9.17, 15) is 9.59 Å². The second-order valence-electron chi connectivity index (χ2n) is 8.46. The van der Waals surface area contributed by atoms with Gasteiger partial charge in [0.2, 0.25) is 5.91 Å². The summed E-state index contributed by atoms with van der Waals surface area (Å²) in [4.78, 5) is 24.0. The lowest BCUT2D eigenvalue weighted by atomic mass is 9.95. The monoisotopic (exact) mass is 378 g/mol. The zero-order valence-corrected chi connectivity index (χ0v) is 17.5. The molecule has 0 bridgehead atoms. The minimum atomic E-state index is -0.416. The van der Waals surface area contributed by atoms with Crippen LogP contribution in [-0.4, -0.2) is 43.8 Å². The zero-order chi connectivity index (χ0) is 20.5. The second-order valence-corrected chi connectivity index (χ2v) is 8.46. The van der Waals surface area contributed by atoms with Crippen molar-refractivity contribution in [1.82, 2.24) is 10.6 Å². The molecule has 0 spiro atoms. The van der Waals surface area contributed by atoms with Gasteiger partial charge < -0.3 is 20.1 Å². The Balaban J connectivity index is 2.27. The van der Waals surface area contributed by atoms with E-state index in [1.54, 1.807) is 12.1 Å². The number of hydrogen-bond acceptors (Lipinski definition) is 4. The zero-order valence-electron chi connectivity index (χ0n) is 17.5. The van der Waals surface area contributed by atoms with E-state index in [4.69, 9.17) is 9.47 Å². The van der Waals surface area contributed by atoms with Gasteiger partial charge >= 0.3 is 0 Å². The SMILES string of the molecule is CC(C)(C)OCCOCCNC(=O)c1ccc(CNC(=O)C(C)(C)C)cc1. The smallest absolute Gasteiger partial charge is 0.251 e. The van der Waals surface area contributed by atoms with E-state index in [2.05, 4.69) is 10.6 Å². The summed E-state index contributed by atoms with van der Waals surface area (Å²) in [6.45, 7) is 14.0. The molecule has 0 saturated carbocycles. The Kier molecular flexibility index (Phi) is 8.93. The molecule has 2 N–H and O–H groups in total. The normalized spacial score (nSPS) is 11.9. The summed E-state index contributed by atoms with van der Waals surface area (Å²) in [6, 6.07) is 7.20. The number of ether oxygens (including phenoxy) is 2. The van der Waals surface area contributed by atoms with Crippen molar-refractivity contribution in [1.29, 1.82) is 0 Å². The predicted molar refractivity (Wildman–Crippen MR) is 107 cm³/mol. The van der Waals surface area contributed by atoms with Crippen LogP contribution < -0.4 is 10.6 Å². The third-order valence-corrected chi connectivity index (χ3v) is 3.65. The topological polar surface area (TPSA) is 76.7 Å². The predicted octanol–water partition coefficient (Wildman–Crippen LogP) is 2.91. The lowest BCUT2D eigenvalue weighted by Gasteiger charge is -2.19. The first-order valence-corrected chi connectivity index (χ1v) is 9.36. The Morgan fingerprint density at radius 2 is 1.52 bits per heavy atom. The van der Waals surface area contributed by atoms with Crippen molar-refractivity contribution in [3.63, 3.8) is 0 Å². The van der Waals surface area contributed by atoms with Crippen LogP contribution in [0.25, 0.3) is 0 Å². The molecule has 0 aromatic heterocycles. The van der Waals surface area contributed by atoms with Gasteiger partial charge in [0.1, 0.15) is 0 Å². The average Bonchev–Trinajstić information content (AvgIpc) is 2.57. The third kappa shape index (κ3) is 10.1. The van der Waals surface area contributed by atoms with Crippen molar-refractivity contribution in [2.24, 2.45) is 5.41 Å². The number of hydrogen-bond donors (Lipinski definition) is 2. The molecule has 0 aliphatic rings. The highest BCUT2D eigenvalue weighted by Crippen LogP contribution is 2.13. The fourth-order valence-corrected chi connectivity index (χ4v) is 2.07. The molecular weight excluding hydrogens is 344 g/mol. The van der Waals surface area contributed by atoms with Gasteiger partial charge in [-0.05, 0) is 38.5 Å². The van der Waals surface area contributed by atoms with E-state index < -0.39 is 5.41 Å². The minimum absolute atomic E-state index is 0.00257. The van der Waals surface area contributed by atoms with Gasteiger partial charge in [0.25, 0.3) is 5.91 Å². The van der Waals surface area contributed by atoms with Crippen LogP contribution in [-0.2, 0) is 20.8 Å². The molecule has 0 heterocycles. The molecule has 1 rings (SSSR count). The van der Waals surface area contributed by atoms with Gasteiger partial charge in [-0.1, -0.05) is 32.9 Å². The summed E-state index contributed by atoms with van der Waals surface area (Å²) >= 11 is 0. The molecule has 2 amide bonds. The van der Waals surface area contributed by atoms with Crippen LogP contribution in [0.4, 0.5) is 0 Å². The first kappa shape index (κ1) is 23.1. The molecule has 0 atom stereocenters. The Hall–Kier alpha value is -1.92. The van der Waals surface area contributed by atoms with E-state index in [0.29, 0.717) is 38.5 Å². The van der Waals surface area contributed by atoms with E-state index in [0.717, 1.165) is 5.56 Å². The Labute approximate surface area is 163 Å². The highest BCUT2D eigenvalue weighted by molar-refractivity contribution is 5.94. The van der Waals surface area contributed by atoms with Crippen LogP contribution in [0.3, 0.4) is 0 Å². The first-order chi connectivity index (χ1) is 12.5.